The van der Waals surface area contributed by atoms with Crippen LogP contribution in [0.2, 0.25) is 0 Å². The molecule has 3 aromatic heterocycles. The van der Waals surface area contributed by atoms with E-state index in [4.69, 9.17) is 0 Å². The molecule has 0 aromatic carbocycles. The fraction of sp³-hybridized carbons (Fsp3) is 0.389. The minimum atomic E-state index is -0.303. The van der Waals surface area contributed by atoms with Gasteiger partial charge in [-0.1, -0.05) is 0 Å². The van der Waals surface area contributed by atoms with Gasteiger partial charge >= 0.3 is 0 Å². The average Bonchev–Trinajstić information content (AvgIpc) is 3.21. The molecule has 0 saturated carbocycles. The van der Waals surface area contributed by atoms with Gasteiger partial charge in [-0.15, -0.1) is 0 Å². The number of carbonyl (C=O) groups is 1. The minimum Gasteiger partial charge on any atom is -0.339 e. The van der Waals surface area contributed by atoms with Gasteiger partial charge in [0.15, 0.2) is 5.82 Å². The smallest absolute Gasteiger partial charge is 0.241 e. The van der Waals surface area contributed by atoms with Gasteiger partial charge in [0.1, 0.15) is 23.7 Å². The number of nitrogens with zero attached hydrogens (tertiary/aromatic N) is 6. The number of fused-ring (bicyclic) bond motifs is 1. The van der Waals surface area contributed by atoms with Gasteiger partial charge in [0.2, 0.25) is 5.91 Å². The molecule has 0 spiro atoms. The van der Waals surface area contributed by atoms with Gasteiger partial charge in [-0.05, 0) is 32.8 Å². The molecule has 9 heteroatoms. The van der Waals surface area contributed by atoms with Gasteiger partial charge < -0.3 is 4.98 Å². The molecule has 0 atom stereocenters. The van der Waals surface area contributed by atoms with Crippen LogP contribution in [-0.4, -0.2) is 41.2 Å². The fourth-order valence-corrected chi connectivity index (χ4v) is 3.49. The lowest BCUT2D eigenvalue weighted by Crippen LogP contribution is -2.53. The Balaban J connectivity index is 1.76. The summed E-state index contributed by atoms with van der Waals surface area (Å²) in [5.74, 6) is 0.598. The van der Waals surface area contributed by atoms with E-state index in [1.165, 1.54) is 11.0 Å². The van der Waals surface area contributed by atoms with Crippen molar-refractivity contribution in [3.63, 3.8) is 0 Å². The normalized spacial score (nSPS) is 16.5. The first kappa shape index (κ1) is 17.0. The summed E-state index contributed by atoms with van der Waals surface area (Å²) in [4.78, 5) is 24.3. The first-order valence-electron chi connectivity index (χ1n) is 8.76. The average molecular weight is 364 g/mol. The molecule has 0 radical (unpaired) electrons. The van der Waals surface area contributed by atoms with Crippen LogP contribution in [0.4, 0.5) is 5.82 Å². The quantitative estimate of drug-likeness (QED) is 0.737. The van der Waals surface area contributed by atoms with E-state index >= 15 is 0 Å². The van der Waals surface area contributed by atoms with Crippen LogP contribution in [0.15, 0.2) is 18.6 Å². The number of nitrogens with one attached hydrogen (secondary N) is 2. The van der Waals surface area contributed by atoms with Crippen molar-refractivity contribution in [3.05, 3.63) is 24.3 Å². The summed E-state index contributed by atoms with van der Waals surface area (Å²) in [5.41, 5.74) is 5.38. The zero-order valence-corrected chi connectivity index (χ0v) is 15.4. The molecule has 1 amide bonds. The second-order valence-corrected chi connectivity index (χ2v) is 7.32. The summed E-state index contributed by atoms with van der Waals surface area (Å²) in [5, 5.41) is 15.9. The van der Waals surface area contributed by atoms with Crippen LogP contribution in [0.1, 0.15) is 38.8 Å². The minimum absolute atomic E-state index is 0.0489. The van der Waals surface area contributed by atoms with Crippen LogP contribution >= 0.6 is 0 Å². The fourth-order valence-electron chi connectivity index (χ4n) is 3.49. The molecule has 3 aromatic rings. The number of carbonyl (C=O) groups excluding carboxylic acids is 1. The Labute approximate surface area is 156 Å². The van der Waals surface area contributed by atoms with E-state index in [9.17, 15) is 10.1 Å². The third-order valence-electron chi connectivity index (χ3n) is 5.01. The summed E-state index contributed by atoms with van der Waals surface area (Å²) in [6, 6.07) is 4.03. The van der Waals surface area contributed by atoms with Crippen molar-refractivity contribution in [2.75, 3.05) is 5.43 Å². The van der Waals surface area contributed by atoms with Gasteiger partial charge in [-0.3, -0.25) is 14.9 Å². The predicted molar refractivity (Wildman–Crippen MR) is 99.2 cm³/mol. The van der Waals surface area contributed by atoms with E-state index in [-0.39, 0.29) is 11.4 Å². The topological polar surface area (TPSA) is 116 Å². The standard InChI is InChI=1S/C18H20N8O/c1-18(2)6-4-5-15(27)26(18)24-17-11-7-13(23-16(11)20-10-21-17)12-9-22-25(3)14(12)8-19/h7,9-10H,4-6H2,1-3H3,(H2,20,21,23,24). The lowest BCUT2D eigenvalue weighted by atomic mass is 9.92. The number of hydrogen-bond acceptors (Lipinski definition) is 6. The summed E-state index contributed by atoms with van der Waals surface area (Å²) >= 11 is 0. The number of H-pyrrole nitrogens is 1. The van der Waals surface area contributed by atoms with Crippen molar-refractivity contribution in [1.82, 2.24) is 29.7 Å². The first-order valence-corrected chi connectivity index (χ1v) is 8.76. The molecule has 138 valence electrons. The molecule has 1 aliphatic heterocycles. The monoisotopic (exact) mass is 364 g/mol. The van der Waals surface area contributed by atoms with E-state index < -0.39 is 0 Å². The largest absolute Gasteiger partial charge is 0.339 e. The van der Waals surface area contributed by atoms with Crippen LogP contribution < -0.4 is 5.43 Å². The van der Waals surface area contributed by atoms with Gasteiger partial charge in [0.25, 0.3) is 0 Å². The lowest BCUT2D eigenvalue weighted by molar-refractivity contribution is -0.138. The molecule has 1 aliphatic rings. The summed E-state index contributed by atoms with van der Waals surface area (Å²) in [6.45, 7) is 4.07. The maximum Gasteiger partial charge on any atom is 0.241 e. The number of aromatic amines is 1. The van der Waals surface area contributed by atoms with Crippen LogP contribution in [0.3, 0.4) is 0 Å². The molecule has 0 unspecified atom stereocenters. The lowest BCUT2D eigenvalue weighted by Gasteiger charge is -2.42. The molecule has 27 heavy (non-hydrogen) atoms. The molecule has 1 saturated heterocycles. The summed E-state index contributed by atoms with van der Waals surface area (Å²) < 4.78 is 1.53. The number of hydrazine groups is 1. The van der Waals surface area contributed by atoms with Gasteiger partial charge in [0, 0.05) is 13.5 Å². The van der Waals surface area contributed by atoms with E-state index in [0.29, 0.717) is 29.1 Å². The third-order valence-corrected chi connectivity index (χ3v) is 5.01. The van der Waals surface area contributed by atoms with Crippen LogP contribution in [0, 0.1) is 11.3 Å². The highest BCUT2D eigenvalue weighted by Crippen LogP contribution is 2.32. The summed E-state index contributed by atoms with van der Waals surface area (Å²) in [6.07, 6.45) is 5.40. The molecular weight excluding hydrogens is 344 g/mol. The van der Waals surface area contributed by atoms with Gasteiger partial charge in [-0.25, -0.2) is 15.0 Å². The Morgan fingerprint density at radius 2 is 2.19 bits per heavy atom. The first-order chi connectivity index (χ1) is 12.9. The van der Waals surface area contributed by atoms with E-state index in [2.05, 4.69) is 31.5 Å². The number of aromatic nitrogens is 5. The number of anilines is 1. The molecular formula is C18H20N8O. The molecule has 9 nitrogen and oxygen atoms in total. The van der Waals surface area contributed by atoms with Crippen molar-refractivity contribution in [3.8, 4) is 17.3 Å². The molecule has 0 bridgehead atoms. The SMILES string of the molecule is Cn1ncc(-c2cc3c(NN4C(=O)CCCC4(C)C)ncnc3[nH]2)c1C#N. The van der Waals surface area contributed by atoms with Crippen LogP contribution in [0.25, 0.3) is 22.3 Å². The Kier molecular flexibility index (Phi) is 3.84. The van der Waals surface area contributed by atoms with Gasteiger partial charge in [0.05, 0.1) is 28.4 Å². The van der Waals surface area contributed by atoms with E-state index in [1.807, 2.05) is 19.9 Å². The Morgan fingerprint density at radius 1 is 1.37 bits per heavy atom. The Hall–Kier alpha value is -3.41. The number of rotatable bonds is 3. The van der Waals surface area contributed by atoms with E-state index in [0.717, 1.165) is 23.9 Å². The number of amides is 1. The predicted octanol–water partition coefficient (Wildman–Crippen LogP) is 2.35. The Morgan fingerprint density at radius 3 is 2.93 bits per heavy atom. The van der Waals surface area contributed by atoms with Crippen LogP contribution in [0.5, 0.6) is 0 Å². The molecule has 4 rings (SSSR count). The van der Waals surface area contributed by atoms with Crippen molar-refractivity contribution in [2.45, 2.75) is 38.6 Å². The molecule has 4 heterocycles. The Bertz CT molecular complexity index is 1070. The number of nitriles is 1. The van der Waals surface area contributed by atoms with Crippen molar-refractivity contribution < 1.29 is 4.79 Å². The third kappa shape index (κ3) is 2.79. The molecule has 0 aliphatic carbocycles. The number of piperidine rings is 1. The maximum absolute atomic E-state index is 12.4. The summed E-state index contributed by atoms with van der Waals surface area (Å²) in [7, 11) is 1.72. The number of aryl methyl sites for hydroxylation is 1. The maximum atomic E-state index is 12.4. The highest BCUT2D eigenvalue weighted by molar-refractivity contribution is 5.92. The van der Waals surface area contributed by atoms with E-state index in [1.54, 1.807) is 18.3 Å². The second kappa shape index (κ2) is 6.09. The second-order valence-electron chi connectivity index (χ2n) is 7.32. The zero-order chi connectivity index (χ0) is 19.2. The van der Waals surface area contributed by atoms with Crippen molar-refractivity contribution in [1.29, 1.82) is 5.26 Å². The van der Waals surface area contributed by atoms with Crippen LogP contribution in [-0.2, 0) is 11.8 Å². The number of hydrogen-bond donors (Lipinski definition) is 2. The molecule has 1 fully saturated rings. The molecule has 2 N–H and O–H groups in total. The highest BCUT2D eigenvalue weighted by atomic mass is 16.2. The van der Waals surface area contributed by atoms with Crippen molar-refractivity contribution >= 4 is 22.8 Å². The van der Waals surface area contributed by atoms with Crippen molar-refractivity contribution in [2.24, 2.45) is 7.05 Å². The zero-order valence-electron chi connectivity index (χ0n) is 15.4. The van der Waals surface area contributed by atoms with Gasteiger partial charge in [-0.2, -0.15) is 10.4 Å². The highest BCUT2D eigenvalue weighted by Gasteiger charge is 2.35.